The number of fused-ring (bicyclic) bond motifs is 1. The highest BCUT2D eigenvalue weighted by Gasteiger charge is 2.31. The standard InChI is InChI=1S/C15H16BrFN4S/c16-10-3-4-13(17)12(8-10)14-18-19-15(22-14)21-7-6-20-5-1-2-11(20)9-21/h3-4,8,11H,1-2,5-7,9H2. The molecular formula is C15H16BrFN4S. The van der Waals surface area contributed by atoms with Gasteiger partial charge in [-0.1, -0.05) is 27.3 Å². The van der Waals surface area contributed by atoms with Crippen molar-refractivity contribution in [1.82, 2.24) is 15.1 Å². The van der Waals surface area contributed by atoms with Gasteiger partial charge >= 0.3 is 0 Å². The van der Waals surface area contributed by atoms with Crippen LogP contribution >= 0.6 is 27.3 Å². The number of hydrogen-bond acceptors (Lipinski definition) is 5. The summed E-state index contributed by atoms with van der Waals surface area (Å²) in [5, 5.41) is 10.0. The summed E-state index contributed by atoms with van der Waals surface area (Å²) in [4.78, 5) is 4.86. The van der Waals surface area contributed by atoms with Crippen molar-refractivity contribution in [3.05, 3.63) is 28.5 Å². The van der Waals surface area contributed by atoms with Crippen molar-refractivity contribution in [3.8, 4) is 10.6 Å². The topological polar surface area (TPSA) is 32.3 Å². The van der Waals surface area contributed by atoms with Crippen molar-refractivity contribution < 1.29 is 4.39 Å². The third kappa shape index (κ3) is 2.66. The number of nitrogens with zero attached hydrogens (tertiary/aromatic N) is 4. The highest BCUT2D eigenvalue weighted by atomic mass is 79.9. The number of benzene rings is 1. The molecule has 4 rings (SSSR count). The number of anilines is 1. The summed E-state index contributed by atoms with van der Waals surface area (Å²) >= 11 is 4.86. The maximum atomic E-state index is 14.0. The Morgan fingerprint density at radius 3 is 3.05 bits per heavy atom. The second kappa shape index (κ2) is 5.86. The van der Waals surface area contributed by atoms with E-state index in [-0.39, 0.29) is 5.82 Å². The van der Waals surface area contributed by atoms with E-state index in [0.29, 0.717) is 16.6 Å². The maximum Gasteiger partial charge on any atom is 0.208 e. The number of aromatic nitrogens is 2. The molecule has 1 aromatic carbocycles. The van der Waals surface area contributed by atoms with Crippen LogP contribution in [-0.2, 0) is 0 Å². The zero-order chi connectivity index (χ0) is 15.1. The monoisotopic (exact) mass is 382 g/mol. The van der Waals surface area contributed by atoms with Crippen LogP contribution in [0, 0.1) is 5.82 Å². The van der Waals surface area contributed by atoms with Gasteiger partial charge in [0.05, 0.1) is 0 Å². The summed E-state index contributed by atoms with van der Waals surface area (Å²) in [5.41, 5.74) is 0.512. The lowest BCUT2D eigenvalue weighted by Gasteiger charge is -2.37. The molecule has 2 fully saturated rings. The predicted molar refractivity (Wildman–Crippen MR) is 89.8 cm³/mol. The first-order valence-electron chi connectivity index (χ1n) is 7.48. The van der Waals surface area contributed by atoms with Gasteiger partial charge in [0.1, 0.15) is 5.82 Å². The molecule has 116 valence electrons. The zero-order valence-corrected chi connectivity index (χ0v) is 14.4. The lowest BCUT2D eigenvalue weighted by Crippen LogP contribution is -2.50. The largest absolute Gasteiger partial charge is 0.344 e. The van der Waals surface area contributed by atoms with Gasteiger partial charge in [0.15, 0.2) is 5.01 Å². The molecule has 4 nitrogen and oxygen atoms in total. The molecule has 1 atom stereocenters. The molecular weight excluding hydrogens is 367 g/mol. The third-order valence-corrected chi connectivity index (χ3v) is 5.94. The Morgan fingerprint density at radius 1 is 1.23 bits per heavy atom. The van der Waals surface area contributed by atoms with Crippen LogP contribution in [0.5, 0.6) is 0 Å². The van der Waals surface area contributed by atoms with Crippen LogP contribution in [0.15, 0.2) is 22.7 Å². The summed E-state index contributed by atoms with van der Waals surface area (Å²) in [6.45, 7) is 4.30. The Morgan fingerprint density at radius 2 is 2.14 bits per heavy atom. The first-order chi connectivity index (χ1) is 10.7. The summed E-state index contributed by atoms with van der Waals surface area (Å²) in [6.07, 6.45) is 2.56. The summed E-state index contributed by atoms with van der Waals surface area (Å²) in [7, 11) is 0. The minimum Gasteiger partial charge on any atom is -0.344 e. The average molecular weight is 383 g/mol. The molecule has 0 N–H and O–H groups in total. The molecule has 1 unspecified atom stereocenters. The summed E-state index contributed by atoms with van der Waals surface area (Å²) in [5.74, 6) is -0.258. The van der Waals surface area contributed by atoms with Gasteiger partial charge in [-0.15, -0.1) is 10.2 Å². The molecule has 0 radical (unpaired) electrons. The van der Waals surface area contributed by atoms with E-state index >= 15 is 0 Å². The van der Waals surface area contributed by atoms with Gasteiger partial charge < -0.3 is 4.90 Å². The second-order valence-electron chi connectivity index (χ2n) is 5.79. The molecule has 0 saturated carbocycles. The number of hydrogen-bond donors (Lipinski definition) is 0. The van der Waals surface area contributed by atoms with Crippen LogP contribution < -0.4 is 4.90 Å². The maximum absolute atomic E-state index is 14.0. The van der Waals surface area contributed by atoms with Crippen molar-refractivity contribution in [2.45, 2.75) is 18.9 Å². The van der Waals surface area contributed by atoms with Crippen molar-refractivity contribution in [2.24, 2.45) is 0 Å². The normalized spacial score (nSPS) is 22.1. The Bertz CT molecular complexity index is 692. The van der Waals surface area contributed by atoms with Crippen LogP contribution in [0.25, 0.3) is 10.6 Å². The molecule has 2 aromatic rings. The molecule has 22 heavy (non-hydrogen) atoms. The molecule has 0 spiro atoms. The molecule has 0 aliphatic carbocycles. The molecule has 2 aliphatic heterocycles. The Balaban J connectivity index is 1.57. The molecule has 0 bridgehead atoms. The second-order valence-corrected chi connectivity index (χ2v) is 7.66. The van der Waals surface area contributed by atoms with Crippen molar-refractivity contribution >= 4 is 32.4 Å². The van der Waals surface area contributed by atoms with Crippen LogP contribution in [0.2, 0.25) is 0 Å². The highest BCUT2D eigenvalue weighted by Crippen LogP contribution is 2.33. The van der Waals surface area contributed by atoms with Gasteiger partial charge in [-0.25, -0.2) is 4.39 Å². The van der Waals surface area contributed by atoms with Crippen molar-refractivity contribution in [1.29, 1.82) is 0 Å². The molecule has 2 aliphatic rings. The van der Waals surface area contributed by atoms with E-state index in [9.17, 15) is 4.39 Å². The predicted octanol–water partition coefficient (Wildman–Crippen LogP) is 3.39. The fraction of sp³-hybridized carbons (Fsp3) is 0.467. The number of halogens is 2. The van der Waals surface area contributed by atoms with Gasteiger partial charge in [-0.2, -0.15) is 0 Å². The molecule has 1 aromatic heterocycles. The van der Waals surface area contributed by atoms with Crippen molar-refractivity contribution in [2.75, 3.05) is 31.1 Å². The molecule has 7 heteroatoms. The summed E-state index contributed by atoms with van der Waals surface area (Å²) in [6, 6.07) is 5.55. The van der Waals surface area contributed by atoms with E-state index in [0.717, 1.165) is 29.2 Å². The van der Waals surface area contributed by atoms with E-state index in [2.05, 4.69) is 35.9 Å². The van der Waals surface area contributed by atoms with E-state index < -0.39 is 0 Å². The van der Waals surface area contributed by atoms with Crippen LogP contribution in [0.3, 0.4) is 0 Å². The SMILES string of the molecule is Fc1ccc(Br)cc1-c1nnc(N2CCN3CCCC3C2)s1. The summed E-state index contributed by atoms with van der Waals surface area (Å²) < 4.78 is 14.8. The fourth-order valence-corrected chi connectivity index (χ4v) is 4.54. The van der Waals surface area contributed by atoms with E-state index in [1.165, 1.54) is 36.8 Å². The highest BCUT2D eigenvalue weighted by molar-refractivity contribution is 9.10. The van der Waals surface area contributed by atoms with E-state index in [4.69, 9.17) is 0 Å². The van der Waals surface area contributed by atoms with Crippen LogP contribution in [0.4, 0.5) is 9.52 Å². The van der Waals surface area contributed by atoms with Gasteiger partial charge in [0, 0.05) is 35.7 Å². The Hall–Kier alpha value is -1.05. The molecule has 2 saturated heterocycles. The Kier molecular flexibility index (Phi) is 3.88. The first kappa shape index (κ1) is 14.5. The number of piperazine rings is 1. The lowest BCUT2D eigenvalue weighted by molar-refractivity contribution is 0.231. The third-order valence-electron chi connectivity index (χ3n) is 4.43. The molecule has 3 heterocycles. The number of rotatable bonds is 2. The van der Waals surface area contributed by atoms with E-state index in [1.807, 2.05) is 0 Å². The van der Waals surface area contributed by atoms with Gasteiger partial charge in [-0.05, 0) is 37.6 Å². The zero-order valence-electron chi connectivity index (χ0n) is 12.0. The smallest absolute Gasteiger partial charge is 0.208 e. The van der Waals surface area contributed by atoms with Gasteiger partial charge in [0.25, 0.3) is 0 Å². The first-order valence-corrected chi connectivity index (χ1v) is 9.09. The van der Waals surface area contributed by atoms with Crippen LogP contribution in [0.1, 0.15) is 12.8 Å². The average Bonchev–Trinajstić information content (AvgIpc) is 3.17. The minimum absolute atomic E-state index is 0.258. The van der Waals surface area contributed by atoms with Gasteiger partial charge in [-0.3, -0.25) is 4.90 Å². The Labute approximate surface area is 141 Å². The minimum atomic E-state index is -0.258. The van der Waals surface area contributed by atoms with Crippen LogP contribution in [-0.4, -0.2) is 47.3 Å². The lowest BCUT2D eigenvalue weighted by atomic mass is 10.2. The van der Waals surface area contributed by atoms with Crippen molar-refractivity contribution in [3.63, 3.8) is 0 Å². The van der Waals surface area contributed by atoms with E-state index in [1.54, 1.807) is 12.1 Å². The quantitative estimate of drug-likeness (QED) is 0.796. The van der Waals surface area contributed by atoms with Gasteiger partial charge in [0.2, 0.25) is 5.13 Å². The molecule has 0 amide bonds. The fourth-order valence-electron chi connectivity index (χ4n) is 3.28.